The number of carboxylic acids is 1. The fourth-order valence-corrected chi connectivity index (χ4v) is 4.33. The van der Waals surface area contributed by atoms with Crippen LogP contribution in [-0.4, -0.2) is 46.3 Å². The van der Waals surface area contributed by atoms with Crippen LogP contribution in [0.5, 0.6) is 0 Å². The summed E-state index contributed by atoms with van der Waals surface area (Å²) in [6, 6.07) is 32.7. The maximum absolute atomic E-state index is 13.1. The van der Waals surface area contributed by atoms with E-state index in [0.29, 0.717) is 22.5 Å². The first-order valence-electron chi connectivity index (χ1n) is 12.6. The number of carboxylic acid groups (broad SMARTS) is 1. The fourth-order valence-electron chi connectivity index (χ4n) is 4.33. The van der Waals surface area contributed by atoms with Gasteiger partial charge in [-0.3, -0.25) is 14.6 Å². The molecule has 0 radical (unpaired) electrons. The third-order valence-electron chi connectivity index (χ3n) is 6.38. The van der Waals surface area contributed by atoms with Crippen LogP contribution in [-0.2, 0) is 9.59 Å². The number of benzodiazepines with no additional fused rings is 1. The molecule has 2 atom stereocenters. The molecule has 0 spiro atoms. The summed E-state index contributed by atoms with van der Waals surface area (Å²) in [5.41, 5.74) is 10.9. The number of anilines is 1. The maximum Gasteiger partial charge on any atom is 0.337 e. The zero-order valence-corrected chi connectivity index (χ0v) is 21.8. The Kier molecular flexibility index (Phi) is 8.96. The number of amides is 1. The highest BCUT2D eigenvalue weighted by Gasteiger charge is 2.31. The molecule has 0 fully saturated rings. The lowest BCUT2D eigenvalue weighted by atomic mass is 9.99. The van der Waals surface area contributed by atoms with Crippen molar-refractivity contribution in [3.8, 4) is 0 Å². The zero-order chi connectivity index (χ0) is 28.6. The Morgan fingerprint density at radius 3 is 2.10 bits per heavy atom. The van der Waals surface area contributed by atoms with Crippen molar-refractivity contribution >= 4 is 29.1 Å². The van der Waals surface area contributed by atoms with E-state index >= 15 is 0 Å². The average molecular weight is 536 g/mol. The summed E-state index contributed by atoms with van der Waals surface area (Å²) in [6.07, 6.45) is -2.49. The first-order chi connectivity index (χ1) is 19.3. The Morgan fingerprint density at radius 1 is 0.875 bits per heavy atom. The van der Waals surface area contributed by atoms with E-state index in [1.165, 1.54) is 4.90 Å². The Bertz CT molecular complexity index is 1540. The fraction of sp³-hybridized carbons (Fsp3) is 0.125. The molecule has 202 valence electrons. The molecule has 4 aromatic carbocycles. The summed E-state index contributed by atoms with van der Waals surface area (Å²) in [7, 11) is 0. The molecule has 1 aliphatic heterocycles. The number of rotatable bonds is 6. The molecule has 0 aliphatic carbocycles. The van der Waals surface area contributed by atoms with Crippen LogP contribution in [0.25, 0.3) is 0 Å². The molecule has 0 saturated carbocycles. The molecule has 4 aromatic rings. The van der Waals surface area contributed by atoms with Crippen LogP contribution >= 0.6 is 0 Å². The Morgan fingerprint density at radius 2 is 1.45 bits per heavy atom. The standard InChI is InChI=1S/C24H21N3O2.C8H8O3/c1-16-9-5-6-12-18(16)21(28)15-27-20-14-8-7-13-19(20)22(26-23(25)24(27)29)17-10-3-2-4-11-17;9-7(8(10)11)6-4-2-1-3-5-6/h2-14,23H,15,25H2,1H3;1-5,7,9H,(H,10,11)/t23-;7-/m10/s1. The van der Waals surface area contributed by atoms with Gasteiger partial charge in [-0.15, -0.1) is 0 Å². The summed E-state index contributed by atoms with van der Waals surface area (Å²) < 4.78 is 0. The second kappa shape index (κ2) is 12.8. The van der Waals surface area contributed by atoms with Gasteiger partial charge in [0, 0.05) is 16.7 Å². The van der Waals surface area contributed by atoms with E-state index in [4.69, 9.17) is 15.9 Å². The number of ketones is 1. The quantitative estimate of drug-likeness (QED) is 0.318. The first-order valence-corrected chi connectivity index (χ1v) is 12.6. The van der Waals surface area contributed by atoms with Gasteiger partial charge in [0.05, 0.1) is 17.9 Å². The van der Waals surface area contributed by atoms with E-state index in [1.807, 2.05) is 79.7 Å². The molecule has 4 N–H and O–H groups in total. The maximum atomic E-state index is 13.1. The predicted octanol–water partition coefficient (Wildman–Crippen LogP) is 4.15. The van der Waals surface area contributed by atoms with Crippen molar-refractivity contribution < 1.29 is 24.6 Å². The van der Waals surface area contributed by atoms with Crippen molar-refractivity contribution in [3.63, 3.8) is 0 Å². The molecule has 0 unspecified atom stereocenters. The van der Waals surface area contributed by atoms with Crippen molar-refractivity contribution in [1.29, 1.82) is 0 Å². The van der Waals surface area contributed by atoms with E-state index < -0.39 is 24.1 Å². The number of hydrogen-bond acceptors (Lipinski definition) is 6. The van der Waals surface area contributed by atoms with Gasteiger partial charge in [-0.1, -0.05) is 103 Å². The van der Waals surface area contributed by atoms with Crippen LogP contribution in [0.1, 0.15) is 38.7 Å². The van der Waals surface area contributed by atoms with Gasteiger partial charge in [0.25, 0.3) is 5.91 Å². The minimum Gasteiger partial charge on any atom is -0.479 e. The molecule has 0 bridgehead atoms. The molecule has 1 heterocycles. The van der Waals surface area contributed by atoms with Crippen LogP contribution in [0, 0.1) is 6.92 Å². The van der Waals surface area contributed by atoms with Crippen LogP contribution in [0.4, 0.5) is 5.69 Å². The van der Waals surface area contributed by atoms with Gasteiger partial charge in [-0.2, -0.15) is 0 Å². The number of Topliss-reactive ketones (excluding diaryl/α,β-unsaturated/α-hetero) is 1. The molecular weight excluding hydrogens is 506 g/mol. The molecule has 0 aromatic heterocycles. The lowest BCUT2D eigenvalue weighted by Crippen LogP contribution is -2.44. The molecule has 0 saturated heterocycles. The van der Waals surface area contributed by atoms with E-state index in [9.17, 15) is 14.4 Å². The number of aliphatic imine (C=N–C) groups is 1. The molecule has 5 rings (SSSR count). The smallest absolute Gasteiger partial charge is 0.337 e. The van der Waals surface area contributed by atoms with E-state index in [1.54, 1.807) is 36.4 Å². The number of aliphatic hydroxyl groups excluding tert-OH is 1. The largest absolute Gasteiger partial charge is 0.479 e. The summed E-state index contributed by atoms with van der Waals surface area (Å²) in [5, 5.41) is 17.4. The topological polar surface area (TPSA) is 133 Å². The van der Waals surface area contributed by atoms with Gasteiger partial charge in [-0.25, -0.2) is 4.79 Å². The van der Waals surface area contributed by atoms with Crippen molar-refractivity contribution in [3.05, 3.63) is 137 Å². The van der Waals surface area contributed by atoms with Gasteiger partial charge in [0.2, 0.25) is 0 Å². The van der Waals surface area contributed by atoms with E-state index in [0.717, 1.165) is 16.7 Å². The summed E-state index contributed by atoms with van der Waals surface area (Å²) in [4.78, 5) is 42.3. The number of hydrogen-bond donors (Lipinski definition) is 3. The predicted molar refractivity (Wildman–Crippen MR) is 153 cm³/mol. The Balaban J connectivity index is 0.000000283. The summed E-state index contributed by atoms with van der Waals surface area (Å²) in [6.45, 7) is 1.79. The number of carbonyl (C=O) groups is 3. The highest BCUT2D eigenvalue weighted by molar-refractivity contribution is 6.21. The molecular formula is C32H29N3O5. The molecule has 1 amide bonds. The number of aliphatic carboxylic acids is 1. The number of benzene rings is 4. The number of nitrogens with two attached hydrogens (primary N) is 1. The van der Waals surface area contributed by atoms with Crippen molar-refractivity contribution in [1.82, 2.24) is 0 Å². The summed E-state index contributed by atoms with van der Waals surface area (Å²) in [5.74, 6) is -1.76. The van der Waals surface area contributed by atoms with Crippen LogP contribution in [0.3, 0.4) is 0 Å². The normalized spacial score (nSPS) is 15.1. The highest BCUT2D eigenvalue weighted by atomic mass is 16.4. The molecule has 1 aliphatic rings. The third kappa shape index (κ3) is 6.37. The minimum absolute atomic E-state index is 0.0913. The van der Waals surface area contributed by atoms with Gasteiger partial charge < -0.3 is 20.8 Å². The SMILES string of the molecule is Cc1ccccc1C(=O)CN1C(=O)[C@H](N)N=C(c2ccccc2)c2ccccc21.O=C(O)[C@@H](O)c1ccccc1. The summed E-state index contributed by atoms with van der Waals surface area (Å²) >= 11 is 0. The number of para-hydroxylation sites is 1. The van der Waals surface area contributed by atoms with Crippen LogP contribution in [0.2, 0.25) is 0 Å². The van der Waals surface area contributed by atoms with E-state index in [-0.39, 0.29) is 12.3 Å². The second-order valence-electron chi connectivity index (χ2n) is 9.12. The number of fused-ring (bicyclic) bond motifs is 1. The zero-order valence-electron chi connectivity index (χ0n) is 21.8. The van der Waals surface area contributed by atoms with E-state index in [2.05, 4.69) is 4.99 Å². The lowest BCUT2D eigenvalue weighted by molar-refractivity contribution is -0.147. The third-order valence-corrected chi connectivity index (χ3v) is 6.38. The van der Waals surface area contributed by atoms with Gasteiger partial charge >= 0.3 is 5.97 Å². The van der Waals surface area contributed by atoms with Crippen LogP contribution < -0.4 is 10.6 Å². The second-order valence-corrected chi connectivity index (χ2v) is 9.12. The monoisotopic (exact) mass is 535 g/mol. The van der Waals surface area contributed by atoms with Crippen molar-refractivity contribution in [2.24, 2.45) is 10.7 Å². The number of nitrogens with zero attached hydrogens (tertiary/aromatic N) is 2. The van der Waals surface area contributed by atoms with Gasteiger partial charge in [-0.05, 0) is 24.1 Å². The molecule has 40 heavy (non-hydrogen) atoms. The average Bonchev–Trinajstić information content (AvgIpc) is 3.08. The molecule has 8 heteroatoms. The Hall–Kier alpha value is -4.92. The first kappa shape index (κ1) is 28.1. The number of aliphatic hydroxyl groups is 1. The molecule has 8 nitrogen and oxygen atoms in total. The lowest BCUT2D eigenvalue weighted by Gasteiger charge is -2.24. The van der Waals surface area contributed by atoms with Gasteiger partial charge in [0.1, 0.15) is 0 Å². The Labute approximate surface area is 232 Å². The number of carbonyl (C=O) groups excluding carboxylic acids is 2. The van der Waals surface area contributed by atoms with Crippen LogP contribution in [0.15, 0.2) is 114 Å². The minimum atomic E-state index is -1.41. The van der Waals surface area contributed by atoms with Gasteiger partial charge in [0.15, 0.2) is 18.1 Å². The number of aryl methyl sites for hydroxylation is 1. The van der Waals surface area contributed by atoms with Crippen molar-refractivity contribution in [2.45, 2.75) is 19.2 Å². The highest BCUT2D eigenvalue weighted by Crippen LogP contribution is 2.28. The van der Waals surface area contributed by atoms with Crippen molar-refractivity contribution in [2.75, 3.05) is 11.4 Å².